The van der Waals surface area contributed by atoms with Crippen molar-refractivity contribution >= 4 is 16.7 Å². The number of benzene rings is 1. The first-order valence-corrected chi connectivity index (χ1v) is 8.37. The molecule has 0 amide bonds. The smallest absolute Gasteiger partial charge is 0.181 e. The van der Waals surface area contributed by atoms with Crippen LogP contribution in [0.4, 0.5) is 0 Å². The summed E-state index contributed by atoms with van der Waals surface area (Å²) >= 11 is 0. The molecule has 3 nitrogen and oxygen atoms in total. The highest BCUT2D eigenvalue weighted by Crippen LogP contribution is 2.29. The number of ketones is 1. The molecule has 2 heterocycles. The van der Waals surface area contributed by atoms with E-state index in [1.54, 1.807) is 0 Å². The predicted octanol–water partition coefficient (Wildman–Crippen LogP) is 4.99. The summed E-state index contributed by atoms with van der Waals surface area (Å²) in [6.45, 7) is 0. The molecule has 1 aromatic carbocycles. The Morgan fingerprint density at radius 1 is 1.13 bits per heavy atom. The number of nitrogens with zero attached hydrogens (tertiary/aromatic N) is 1. The van der Waals surface area contributed by atoms with Crippen molar-refractivity contribution in [3.63, 3.8) is 0 Å². The minimum atomic E-state index is 0.182. The lowest BCUT2D eigenvalue weighted by molar-refractivity contribution is 0.0957. The van der Waals surface area contributed by atoms with E-state index in [-0.39, 0.29) is 5.78 Å². The monoisotopic (exact) mass is 304 g/mol. The molecule has 2 aromatic heterocycles. The fourth-order valence-corrected chi connectivity index (χ4v) is 3.54. The molecule has 0 unspecified atom stereocenters. The van der Waals surface area contributed by atoms with Gasteiger partial charge in [0, 0.05) is 29.1 Å². The molecule has 0 radical (unpaired) electrons. The third-order valence-corrected chi connectivity index (χ3v) is 4.83. The van der Waals surface area contributed by atoms with Gasteiger partial charge in [-0.15, -0.1) is 0 Å². The molecule has 0 bridgehead atoms. The summed E-state index contributed by atoms with van der Waals surface area (Å²) in [5.41, 5.74) is 3.63. The number of pyridine rings is 1. The van der Waals surface area contributed by atoms with E-state index in [2.05, 4.69) is 22.1 Å². The molecule has 1 saturated carbocycles. The van der Waals surface area contributed by atoms with Crippen LogP contribution in [-0.4, -0.2) is 15.8 Å². The molecule has 0 saturated heterocycles. The Labute approximate surface area is 135 Å². The molecule has 3 aromatic rings. The lowest BCUT2D eigenvalue weighted by atomic mass is 9.99. The van der Waals surface area contributed by atoms with Gasteiger partial charge >= 0.3 is 0 Å². The third kappa shape index (κ3) is 2.91. The van der Waals surface area contributed by atoms with Gasteiger partial charge in [0.15, 0.2) is 5.78 Å². The van der Waals surface area contributed by atoms with Crippen LogP contribution in [0.3, 0.4) is 0 Å². The summed E-state index contributed by atoms with van der Waals surface area (Å²) in [5.74, 6) is 0.741. The lowest BCUT2D eigenvalue weighted by Gasteiger charge is -2.08. The molecule has 1 aliphatic carbocycles. The molecular formula is C20H20N2O. The number of H-pyrrole nitrogens is 1. The second-order valence-electron chi connectivity index (χ2n) is 6.47. The highest BCUT2D eigenvalue weighted by molar-refractivity contribution is 5.95. The molecule has 1 aliphatic rings. The van der Waals surface area contributed by atoms with Crippen LogP contribution in [-0.2, 0) is 0 Å². The number of hydrogen-bond donors (Lipinski definition) is 1. The topological polar surface area (TPSA) is 45.8 Å². The molecule has 0 spiro atoms. The number of aromatic nitrogens is 2. The van der Waals surface area contributed by atoms with Crippen molar-refractivity contribution in [1.82, 2.24) is 9.97 Å². The minimum Gasteiger partial charge on any atom is -0.361 e. The number of aromatic amines is 1. The van der Waals surface area contributed by atoms with E-state index in [9.17, 15) is 4.79 Å². The van der Waals surface area contributed by atoms with Gasteiger partial charge < -0.3 is 4.98 Å². The van der Waals surface area contributed by atoms with Gasteiger partial charge in [0.2, 0.25) is 0 Å². The predicted molar refractivity (Wildman–Crippen MR) is 92.4 cm³/mol. The highest BCUT2D eigenvalue weighted by atomic mass is 16.1. The fourth-order valence-electron chi connectivity index (χ4n) is 3.54. The van der Waals surface area contributed by atoms with Crippen LogP contribution in [0.5, 0.6) is 0 Å². The quantitative estimate of drug-likeness (QED) is 0.690. The molecule has 4 rings (SSSR count). The first-order chi connectivity index (χ1) is 11.3. The van der Waals surface area contributed by atoms with Gasteiger partial charge in [0.05, 0.1) is 5.69 Å². The fraction of sp³-hybridized carbons (Fsp3) is 0.300. The van der Waals surface area contributed by atoms with Gasteiger partial charge in [-0.3, -0.25) is 4.79 Å². The second-order valence-corrected chi connectivity index (χ2v) is 6.47. The van der Waals surface area contributed by atoms with E-state index >= 15 is 0 Å². The number of carbonyl (C=O) groups is 1. The van der Waals surface area contributed by atoms with Crippen molar-refractivity contribution in [2.24, 2.45) is 5.92 Å². The first kappa shape index (κ1) is 14.2. The Bertz CT molecular complexity index is 843. The maximum absolute atomic E-state index is 12.5. The average molecular weight is 304 g/mol. The van der Waals surface area contributed by atoms with Crippen molar-refractivity contribution in [3.8, 4) is 11.3 Å². The van der Waals surface area contributed by atoms with E-state index in [1.165, 1.54) is 25.7 Å². The average Bonchev–Trinajstić information content (AvgIpc) is 3.25. The van der Waals surface area contributed by atoms with E-state index < -0.39 is 0 Å². The maximum Gasteiger partial charge on any atom is 0.181 e. The zero-order valence-corrected chi connectivity index (χ0v) is 13.1. The molecule has 3 heteroatoms. The van der Waals surface area contributed by atoms with E-state index in [4.69, 9.17) is 0 Å². The summed E-state index contributed by atoms with van der Waals surface area (Å²) in [4.78, 5) is 20.3. The maximum atomic E-state index is 12.5. The van der Waals surface area contributed by atoms with E-state index in [0.717, 1.165) is 22.2 Å². The summed E-state index contributed by atoms with van der Waals surface area (Å²) in [6, 6.07) is 14.0. The Kier molecular flexibility index (Phi) is 3.70. The Hall–Kier alpha value is -2.42. The van der Waals surface area contributed by atoms with Crippen LogP contribution < -0.4 is 0 Å². The summed E-state index contributed by atoms with van der Waals surface area (Å²) in [5, 5.41) is 1.16. The van der Waals surface area contributed by atoms with E-state index in [0.29, 0.717) is 18.0 Å². The number of rotatable bonds is 4. The molecule has 116 valence electrons. The second kappa shape index (κ2) is 5.99. The van der Waals surface area contributed by atoms with Crippen LogP contribution in [0.2, 0.25) is 0 Å². The molecule has 0 atom stereocenters. The zero-order valence-electron chi connectivity index (χ0n) is 13.1. The van der Waals surface area contributed by atoms with Crippen molar-refractivity contribution < 1.29 is 4.79 Å². The Morgan fingerprint density at radius 3 is 2.87 bits per heavy atom. The first-order valence-electron chi connectivity index (χ1n) is 8.37. The van der Waals surface area contributed by atoms with Crippen molar-refractivity contribution in [3.05, 3.63) is 54.4 Å². The molecular weight excluding hydrogens is 284 g/mol. The standard InChI is InChI=1S/C20H20N2O/c23-20(12-14-4-1-2-5-14)19-7-3-6-18(22-19)15-8-9-17-16(13-15)10-11-21-17/h3,6-11,13-14,21H,1-2,4-5,12H2. The van der Waals surface area contributed by atoms with Gasteiger partial charge in [0.1, 0.15) is 5.69 Å². The number of fused-ring (bicyclic) bond motifs is 1. The number of nitrogens with one attached hydrogen (secondary N) is 1. The van der Waals surface area contributed by atoms with Crippen LogP contribution in [0.1, 0.15) is 42.6 Å². The largest absolute Gasteiger partial charge is 0.361 e. The Morgan fingerprint density at radius 2 is 2.00 bits per heavy atom. The lowest BCUT2D eigenvalue weighted by Crippen LogP contribution is -2.08. The normalized spacial score (nSPS) is 15.3. The van der Waals surface area contributed by atoms with Crippen molar-refractivity contribution in [1.29, 1.82) is 0 Å². The van der Waals surface area contributed by atoms with Crippen LogP contribution in [0.15, 0.2) is 48.7 Å². The van der Waals surface area contributed by atoms with Crippen molar-refractivity contribution in [2.75, 3.05) is 0 Å². The summed E-state index contributed by atoms with van der Waals surface area (Å²) in [6.07, 6.45) is 7.49. The summed E-state index contributed by atoms with van der Waals surface area (Å²) in [7, 11) is 0. The zero-order chi connectivity index (χ0) is 15.6. The molecule has 23 heavy (non-hydrogen) atoms. The molecule has 0 aliphatic heterocycles. The van der Waals surface area contributed by atoms with E-state index in [1.807, 2.05) is 36.5 Å². The third-order valence-electron chi connectivity index (χ3n) is 4.83. The van der Waals surface area contributed by atoms with Gasteiger partial charge in [-0.05, 0) is 36.2 Å². The van der Waals surface area contributed by atoms with Gasteiger partial charge in [-0.25, -0.2) is 4.98 Å². The van der Waals surface area contributed by atoms with Crippen molar-refractivity contribution in [2.45, 2.75) is 32.1 Å². The van der Waals surface area contributed by atoms with Crippen LogP contribution in [0, 0.1) is 5.92 Å². The minimum absolute atomic E-state index is 0.182. The number of hydrogen-bond acceptors (Lipinski definition) is 2. The van der Waals surface area contributed by atoms with Gasteiger partial charge in [0.25, 0.3) is 0 Å². The SMILES string of the molecule is O=C(CC1CCCC1)c1cccc(-c2ccc3[nH]ccc3c2)n1. The summed E-state index contributed by atoms with van der Waals surface area (Å²) < 4.78 is 0. The number of carbonyl (C=O) groups excluding carboxylic acids is 1. The highest BCUT2D eigenvalue weighted by Gasteiger charge is 2.20. The molecule has 1 fully saturated rings. The van der Waals surface area contributed by atoms with Crippen LogP contribution >= 0.6 is 0 Å². The van der Waals surface area contributed by atoms with Crippen LogP contribution in [0.25, 0.3) is 22.2 Å². The van der Waals surface area contributed by atoms with Gasteiger partial charge in [-0.2, -0.15) is 0 Å². The number of Topliss-reactive ketones (excluding diaryl/α,β-unsaturated/α-hetero) is 1. The van der Waals surface area contributed by atoms with Gasteiger partial charge in [-0.1, -0.05) is 37.8 Å². The molecule has 1 N–H and O–H groups in total. The Balaban J connectivity index is 1.60.